The fourth-order valence-electron chi connectivity index (χ4n) is 2.29. The molecule has 0 spiro atoms. The monoisotopic (exact) mass is 263 g/mol. The van der Waals surface area contributed by atoms with Crippen LogP contribution in [0.15, 0.2) is 24.5 Å². The van der Waals surface area contributed by atoms with Crippen LogP contribution in [-0.4, -0.2) is 43.2 Å². The van der Waals surface area contributed by atoms with E-state index in [0.717, 1.165) is 13.0 Å². The zero-order valence-electron chi connectivity index (χ0n) is 11.3. The number of pyridine rings is 1. The van der Waals surface area contributed by atoms with Crippen molar-refractivity contribution in [3.63, 3.8) is 0 Å². The first-order valence-electron chi connectivity index (χ1n) is 6.79. The SMILES string of the molecule is CCNC1COCC1C(=O)NCCc1ccncc1. The average Bonchev–Trinajstić information content (AvgIpc) is 2.89. The van der Waals surface area contributed by atoms with E-state index in [1.807, 2.05) is 19.1 Å². The molecule has 1 aliphatic heterocycles. The van der Waals surface area contributed by atoms with Crippen LogP contribution in [0.1, 0.15) is 12.5 Å². The fraction of sp³-hybridized carbons (Fsp3) is 0.571. The summed E-state index contributed by atoms with van der Waals surface area (Å²) >= 11 is 0. The molecule has 2 rings (SSSR count). The lowest BCUT2D eigenvalue weighted by Gasteiger charge is -2.17. The third-order valence-electron chi connectivity index (χ3n) is 3.35. The number of likely N-dealkylation sites (N-methyl/N-ethyl adjacent to an activating group) is 1. The number of aromatic nitrogens is 1. The Labute approximate surface area is 113 Å². The van der Waals surface area contributed by atoms with Crippen LogP contribution in [0.4, 0.5) is 0 Å². The largest absolute Gasteiger partial charge is 0.379 e. The topological polar surface area (TPSA) is 63.2 Å². The third kappa shape index (κ3) is 4.01. The van der Waals surface area contributed by atoms with E-state index in [2.05, 4.69) is 15.6 Å². The summed E-state index contributed by atoms with van der Waals surface area (Å²) in [6, 6.07) is 4.07. The molecular weight excluding hydrogens is 242 g/mol. The molecule has 2 heterocycles. The van der Waals surface area contributed by atoms with Gasteiger partial charge < -0.3 is 15.4 Å². The van der Waals surface area contributed by atoms with Crippen LogP contribution in [0, 0.1) is 5.92 Å². The third-order valence-corrected chi connectivity index (χ3v) is 3.35. The maximum atomic E-state index is 12.1. The molecule has 0 radical (unpaired) electrons. The molecule has 0 saturated carbocycles. The molecule has 2 unspecified atom stereocenters. The molecule has 1 saturated heterocycles. The van der Waals surface area contributed by atoms with E-state index < -0.39 is 0 Å². The fourth-order valence-corrected chi connectivity index (χ4v) is 2.29. The predicted octanol–water partition coefficient (Wildman–Crippen LogP) is 0.365. The van der Waals surface area contributed by atoms with Crippen LogP contribution in [-0.2, 0) is 16.0 Å². The maximum Gasteiger partial charge on any atom is 0.227 e. The molecule has 1 aromatic heterocycles. The van der Waals surface area contributed by atoms with Gasteiger partial charge in [0.1, 0.15) is 0 Å². The van der Waals surface area contributed by atoms with E-state index in [4.69, 9.17) is 4.74 Å². The Morgan fingerprint density at radius 3 is 2.95 bits per heavy atom. The molecule has 5 nitrogen and oxygen atoms in total. The Morgan fingerprint density at radius 1 is 1.42 bits per heavy atom. The van der Waals surface area contributed by atoms with Gasteiger partial charge in [-0.05, 0) is 30.7 Å². The molecule has 1 aromatic rings. The molecule has 2 N–H and O–H groups in total. The summed E-state index contributed by atoms with van der Waals surface area (Å²) in [7, 11) is 0. The summed E-state index contributed by atoms with van der Waals surface area (Å²) in [6.45, 7) is 4.68. The normalized spacial score (nSPS) is 22.4. The average molecular weight is 263 g/mol. The first-order valence-corrected chi connectivity index (χ1v) is 6.79. The Kier molecular flexibility index (Phi) is 5.30. The van der Waals surface area contributed by atoms with Crippen molar-refractivity contribution in [3.8, 4) is 0 Å². The van der Waals surface area contributed by atoms with Crippen molar-refractivity contribution in [2.24, 2.45) is 5.92 Å². The minimum Gasteiger partial charge on any atom is -0.379 e. The molecule has 5 heteroatoms. The van der Waals surface area contributed by atoms with Crippen molar-refractivity contribution in [1.29, 1.82) is 0 Å². The highest BCUT2D eigenvalue weighted by molar-refractivity contribution is 5.79. The van der Waals surface area contributed by atoms with E-state index in [1.165, 1.54) is 5.56 Å². The number of ether oxygens (including phenoxy) is 1. The van der Waals surface area contributed by atoms with E-state index >= 15 is 0 Å². The Hall–Kier alpha value is -1.46. The van der Waals surface area contributed by atoms with Crippen molar-refractivity contribution in [2.45, 2.75) is 19.4 Å². The van der Waals surface area contributed by atoms with Crippen LogP contribution in [0.2, 0.25) is 0 Å². The molecule has 0 bridgehead atoms. The Balaban J connectivity index is 1.75. The van der Waals surface area contributed by atoms with Crippen LogP contribution in [0.5, 0.6) is 0 Å². The second kappa shape index (κ2) is 7.21. The summed E-state index contributed by atoms with van der Waals surface area (Å²) in [6.07, 6.45) is 4.36. The first kappa shape index (κ1) is 14.0. The molecule has 1 aliphatic rings. The van der Waals surface area contributed by atoms with Gasteiger partial charge in [0.25, 0.3) is 0 Å². The molecular formula is C14H21N3O2. The molecule has 0 aromatic carbocycles. The van der Waals surface area contributed by atoms with Gasteiger partial charge in [-0.15, -0.1) is 0 Å². The highest BCUT2D eigenvalue weighted by Crippen LogP contribution is 2.13. The van der Waals surface area contributed by atoms with Crippen molar-refractivity contribution < 1.29 is 9.53 Å². The number of carbonyl (C=O) groups is 1. The van der Waals surface area contributed by atoms with Gasteiger partial charge >= 0.3 is 0 Å². The van der Waals surface area contributed by atoms with Crippen LogP contribution in [0.25, 0.3) is 0 Å². The standard InChI is InChI=1S/C14H21N3O2/c1-2-16-13-10-19-9-12(13)14(18)17-8-5-11-3-6-15-7-4-11/h3-4,6-7,12-13,16H,2,5,8-10H2,1H3,(H,17,18). The zero-order chi connectivity index (χ0) is 13.5. The second-order valence-corrected chi connectivity index (χ2v) is 4.70. The summed E-state index contributed by atoms with van der Waals surface area (Å²) in [4.78, 5) is 16.0. The first-order chi connectivity index (χ1) is 9.31. The maximum absolute atomic E-state index is 12.1. The number of hydrogen-bond acceptors (Lipinski definition) is 4. The van der Waals surface area contributed by atoms with Gasteiger partial charge in [-0.2, -0.15) is 0 Å². The lowest BCUT2D eigenvalue weighted by atomic mass is 10.0. The Morgan fingerprint density at radius 2 is 2.21 bits per heavy atom. The van der Waals surface area contributed by atoms with Crippen molar-refractivity contribution in [1.82, 2.24) is 15.6 Å². The minimum absolute atomic E-state index is 0.0719. The van der Waals surface area contributed by atoms with Crippen LogP contribution >= 0.6 is 0 Å². The quantitative estimate of drug-likeness (QED) is 0.778. The van der Waals surface area contributed by atoms with Gasteiger partial charge in [0.2, 0.25) is 5.91 Å². The van der Waals surface area contributed by atoms with E-state index in [9.17, 15) is 4.79 Å². The van der Waals surface area contributed by atoms with E-state index in [0.29, 0.717) is 19.8 Å². The van der Waals surface area contributed by atoms with Gasteiger partial charge in [0.05, 0.1) is 19.1 Å². The van der Waals surface area contributed by atoms with E-state index in [-0.39, 0.29) is 17.9 Å². The lowest BCUT2D eigenvalue weighted by molar-refractivity contribution is -0.125. The van der Waals surface area contributed by atoms with Crippen LogP contribution in [0.3, 0.4) is 0 Å². The summed E-state index contributed by atoms with van der Waals surface area (Å²) in [5, 5.41) is 6.27. The molecule has 1 amide bonds. The smallest absolute Gasteiger partial charge is 0.227 e. The van der Waals surface area contributed by atoms with Gasteiger partial charge in [-0.25, -0.2) is 0 Å². The number of amides is 1. The highest BCUT2D eigenvalue weighted by Gasteiger charge is 2.33. The summed E-state index contributed by atoms with van der Waals surface area (Å²) in [5.74, 6) is 0.00916. The molecule has 19 heavy (non-hydrogen) atoms. The van der Waals surface area contributed by atoms with E-state index in [1.54, 1.807) is 12.4 Å². The summed E-state index contributed by atoms with van der Waals surface area (Å²) < 4.78 is 5.38. The molecule has 104 valence electrons. The summed E-state index contributed by atoms with van der Waals surface area (Å²) in [5.41, 5.74) is 1.18. The number of carbonyl (C=O) groups excluding carboxylic acids is 1. The second-order valence-electron chi connectivity index (χ2n) is 4.70. The minimum atomic E-state index is -0.0719. The zero-order valence-corrected chi connectivity index (χ0v) is 11.3. The molecule has 2 atom stereocenters. The highest BCUT2D eigenvalue weighted by atomic mass is 16.5. The van der Waals surface area contributed by atoms with Gasteiger partial charge in [-0.1, -0.05) is 6.92 Å². The Bertz CT molecular complexity index is 397. The van der Waals surface area contributed by atoms with Crippen LogP contribution < -0.4 is 10.6 Å². The lowest BCUT2D eigenvalue weighted by Crippen LogP contribution is -2.44. The van der Waals surface area contributed by atoms with Gasteiger partial charge in [0, 0.05) is 25.0 Å². The van der Waals surface area contributed by atoms with Crippen molar-refractivity contribution in [3.05, 3.63) is 30.1 Å². The molecule has 1 fully saturated rings. The van der Waals surface area contributed by atoms with Crippen molar-refractivity contribution >= 4 is 5.91 Å². The number of rotatable bonds is 6. The number of nitrogens with one attached hydrogen (secondary N) is 2. The number of hydrogen-bond donors (Lipinski definition) is 2. The van der Waals surface area contributed by atoms with Crippen molar-refractivity contribution in [2.75, 3.05) is 26.3 Å². The predicted molar refractivity (Wildman–Crippen MR) is 72.7 cm³/mol. The van der Waals surface area contributed by atoms with Gasteiger partial charge in [0.15, 0.2) is 0 Å². The number of nitrogens with zero attached hydrogens (tertiary/aromatic N) is 1. The molecule has 0 aliphatic carbocycles. The van der Waals surface area contributed by atoms with Gasteiger partial charge in [-0.3, -0.25) is 9.78 Å².